The third-order valence-corrected chi connectivity index (χ3v) is 6.44. The highest BCUT2D eigenvalue weighted by atomic mass is 35.5. The third kappa shape index (κ3) is 4.98. The van der Waals surface area contributed by atoms with Crippen LogP contribution in [0.5, 0.6) is 5.75 Å². The molecule has 0 bridgehead atoms. The predicted octanol–water partition coefficient (Wildman–Crippen LogP) is 5.80. The molecule has 0 aliphatic carbocycles. The summed E-state index contributed by atoms with van der Waals surface area (Å²) < 4.78 is 0. The third-order valence-electron chi connectivity index (χ3n) is 6.19. The van der Waals surface area contributed by atoms with Crippen molar-refractivity contribution in [3.63, 3.8) is 0 Å². The molecule has 0 radical (unpaired) electrons. The van der Waals surface area contributed by atoms with Gasteiger partial charge in [-0.3, -0.25) is 0 Å². The molecule has 158 valence electrons. The van der Waals surface area contributed by atoms with Crippen LogP contribution in [0.25, 0.3) is 0 Å². The number of likely N-dealkylation sites (tertiary alicyclic amines) is 1. The first-order chi connectivity index (χ1) is 13.5. The molecule has 2 N–H and O–H groups in total. The Labute approximate surface area is 181 Å². The van der Waals surface area contributed by atoms with E-state index in [1.54, 1.807) is 4.90 Å². The number of quaternary nitrogens is 1. The van der Waals surface area contributed by atoms with Crippen molar-refractivity contribution in [1.82, 2.24) is 0 Å². The maximum atomic E-state index is 11.2. The van der Waals surface area contributed by atoms with Crippen LogP contribution in [0.2, 0.25) is 5.02 Å². The summed E-state index contributed by atoms with van der Waals surface area (Å²) in [7, 11) is 0. The summed E-state index contributed by atoms with van der Waals surface area (Å²) in [6.45, 7) is 15.5. The SMILES string of the molecule is CC(C)(C)c1cc([C@@H](c2ccc(Cl)cc2)[NH+]2CCCCC2)cc(C(C)(C)C)c1O. The normalized spacial score (nSPS) is 17.3. The molecule has 0 unspecified atom stereocenters. The number of hydrogen-bond acceptors (Lipinski definition) is 1. The van der Waals surface area contributed by atoms with E-state index >= 15 is 0 Å². The number of piperidine rings is 1. The van der Waals surface area contributed by atoms with Gasteiger partial charge >= 0.3 is 0 Å². The van der Waals surface area contributed by atoms with Crippen LogP contribution in [0.15, 0.2) is 36.4 Å². The molecule has 29 heavy (non-hydrogen) atoms. The van der Waals surface area contributed by atoms with Crippen LogP contribution in [0, 0.1) is 0 Å². The van der Waals surface area contributed by atoms with Gasteiger partial charge in [0.25, 0.3) is 0 Å². The Kier molecular flexibility index (Phi) is 6.36. The van der Waals surface area contributed by atoms with E-state index in [4.69, 9.17) is 11.6 Å². The molecule has 0 aromatic heterocycles. The standard InChI is InChI=1S/C26H36ClNO/c1-25(2,3)21-16-19(17-22(24(21)29)26(4,5)6)23(28-14-8-7-9-15-28)18-10-12-20(27)13-11-18/h10-13,16-17,23,29H,7-9,14-15H2,1-6H3/p+1/t23-/m1/s1. The van der Waals surface area contributed by atoms with Crippen LogP contribution in [0.1, 0.15) is 89.1 Å². The van der Waals surface area contributed by atoms with Crippen molar-refractivity contribution >= 4 is 11.6 Å². The molecule has 0 spiro atoms. The maximum Gasteiger partial charge on any atom is 0.139 e. The van der Waals surface area contributed by atoms with E-state index in [-0.39, 0.29) is 16.9 Å². The van der Waals surface area contributed by atoms with Crippen LogP contribution >= 0.6 is 11.6 Å². The highest BCUT2D eigenvalue weighted by molar-refractivity contribution is 6.30. The number of benzene rings is 2. The minimum atomic E-state index is -0.123. The molecule has 0 amide bonds. The second-order valence-corrected chi connectivity index (χ2v) is 11.1. The van der Waals surface area contributed by atoms with Gasteiger partial charge in [-0.1, -0.05) is 65.3 Å². The number of phenolic OH excluding ortho intramolecular Hbond substituents is 1. The number of rotatable bonds is 3. The Balaban J connectivity index is 2.22. The Morgan fingerprint density at radius 2 is 1.28 bits per heavy atom. The van der Waals surface area contributed by atoms with E-state index in [9.17, 15) is 5.11 Å². The van der Waals surface area contributed by atoms with E-state index < -0.39 is 0 Å². The van der Waals surface area contributed by atoms with Crippen molar-refractivity contribution in [3.05, 3.63) is 63.7 Å². The zero-order valence-electron chi connectivity index (χ0n) is 18.9. The first kappa shape index (κ1) is 22.2. The van der Waals surface area contributed by atoms with Crippen LogP contribution in [-0.4, -0.2) is 18.2 Å². The minimum absolute atomic E-state index is 0.123. The largest absolute Gasteiger partial charge is 0.507 e. The summed E-state index contributed by atoms with van der Waals surface area (Å²) >= 11 is 6.20. The fourth-order valence-corrected chi connectivity index (χ4v) is 4.71. The summed E-state index contributed by atoms with van der Waals surface area (Å²) in [6.07, 6.45) is 3.87. The monoisotopic (exact) mass is 414 g/mol. The van der Waals surface area contributed by atoms with Crippen LogP contribution < -0.4 is 4.90 Å². The van der Waals surface area contributed by atoms with Gasteiger partial charge in [0, 0.05) is 27.3 Å². The lowest BCUT2D eigenvalue weighted by Gasteiger charge is -2.35. The lowest BCUT2D eigenvalue weighted by molar-refractivity contribution is -0.930. The van der Waals surface area contributed by atoms with Gasteiger partial charge in [-0.05, 0) is 54.4 Å². The first-order valence-corrected chi connectivity index (χ1v) is 11.3. The molecule has 2 aromatic carbocycles. The predicted molar refractivity (Wildman–Crippen MR) is 123 cm³/mol. The quantitative estimate of drug-likeness (QED) is 0.651. The van der Waals surface area contributed by atoms with Crippen molar-refractivity contribution < 1.29 is 10.0 Å². The lowest BCUT2D eigenvalue weighted by atomic mass is 9.77. The minimum Gasteiger partial charge on any atom is -0.507 e. The zero-order valence-corrected chi connectivity index (χ0v) is 19.7. The Morgan fingerprint density at radius 1 is 0.793 bits per heavy atom. The van der Waals surface area contributed by atoms with Crippen molar-refractivity contribution in [3.8, 4) is 5.75 Å². The van der Waals surface area contributed by atoms with Crippen LogP contribution in [0.4, 0.5) is 0 Å². The van der Waals surface area contributed by atoms with Gasteiger partial charge < -0.3 is 10.0 Å². The van der Waals surface area contributed by atoms with E-state index in [0.717, 1.165) is 16.1 Å². The topological polar surface area (TPSA) is 24.7 Å². The van der Waals surface area contributed by atoms with Crippen molar-refractivity contribution in [2.75, 3.05) is 13.1 Å². The maximum absolute atomic E-state index is 11.2. The van der Waals surface area contributed by atoms with Crippen molar-refractivity contribution in [2.24, 2.45) is 0 Å². The van der Waals surface area contributed by atoms with Gasteiger partial charge in [0.1, 0.15) is 11.8 Å². The highest BCUT2D eigenvalue weighted by Crippen LogP contribution is 2.41. The molecule has 3 heteroatoms. The fourth-order valence-electron chi connectivity index (χ4n) is 4.58. The molecule has 1 heterocycles. The summed E-state index contributed by atoms with van der Waals surface area (Å²) in [5, 5.41) is 11.9. The molecule has 1 atom stereocenters. The molecule has 2 nitrogen and oxygen atoms in total. The Bertz CT molecular complexity index is 801. The number of aromatic hydroxyl groups is 1. The first-order valence-electron chi connectivity index (χ1n) is 11.0. The molecule has 3 rings (SSSR count). The zero-order chi connectivity index (χ0) is 21.4. The van der Waals surface area contributed by atoms with E-state index in [1.807, 2.05) is 12.1 Å². The second kappa shape index (κ2) is 8.32. The number of nitrogens with one attached hydrogen (secondary N) is 1. The van der Waals surface area contributed by atoms with Gasteiger partial charge in [0.05, 0.1) is 13.1 Å². The van der Waals surface area contributed by atoms with Crippen LogP contribution in [0.3, 0.4) is 0 Å². The summed E-state index contributed by atoms with van der Waals surface area (Å²) in [5.41, 5.74) is 4.43. The van der Waals surface area contributed by atoms with Crippen molar-refractivity contribution in [2.45, 2.75) is 77.7 Å². The molecule has 0 saturated carbocycles. The van der Waals surface area contributed by atoms with E-state index in [0.29, 0.717) is 5.75 Å². The molecule has 1 saturated heterocycles. The molecule has 1 aliphatic rings. The second-order valence-electron chi connectivity index (χ2n) is 10.7. The molecule has 1 aliphatic heterocycles. The number of halogens is 1. The molecular formula is C26H37ClNO+. The summed E-state index contributed by atoms with van der Waals surface area (Å²) in [6, 6.07) is 13.1. The average Bonchev–Trinajstić information content (AvgIpc) is 2.63. The fraction of sp³-hybridized carbons (Fsp3) is 0.538. The smallest absolute Gasteiger partial charge is 0.139 e. The van der Waals surface area contributed by atoms with Gasteiger partial charge in [0.15, 0.2) is 0 Å². The number of phenols is 1. The van der Waals surface area contributed by atoms with Crippen molar-refractivity contribution in [1.29, 1.82) is 0 Å². The average molecular weight is 415 g/mol. The van der Waals surface area contributed by atoms with Crippen LogP contribution in [-0.2, 0) is 10.8 Å². The van der Waals surface area contributed by atoms with Gasteiger partial charge in [-0.25, -0.2) is 0 Å². The molecule has 1 fully saturated rings. The van der Waals surface area contributed by atoms with E-state index in [1.165, 1.54) is 43.5 Å². The lowest BCUT2D eigenvalue weighted by Crippen LogP contribution is -3.13. The van der Waals surface area contributed by atoms with Gasteiger partial charge in [-0.15, -0.1) is 0 Å². The Hall–Kier alpha value is -1.51. The summed E-state index contributed by atoms with van der Waals surface area (Å²) in [4.78, 5) is 1.61. The molecule has 2 aromatic rings. The Morgan fingerprint density at radius 3 is 1.72 bits per heavy atom. The number of hydrogen-bond donors (Lipinski definition) is 2. The molecular weight excluding hydrogens is 378 g/mol. The van der Waals surface area contributed by atoms with Gasteiger partial charge in [-0.2, -0.15) is 0 Å². The van der Waals surface area contributed by atoms with Gasteiger partial charge in [0.2, 0.25) is 0 Å². The van der Waals surface area contributed by atoms with E-state index in [2.05, 4.69) is 65.8 Å². The highest BCUT2D eigenvalue weighted by Gasteiger charge is 2.33. The summed E-state index contributed by atoms with van der Waals surface area (Å²) in [5.74, 6) is 0.456.